The number of benzene rings is 2. The molecule has 0 amide bonds. The predicted octanol–water partition coefficient (Wildman–Crippen LogP) is 3.93. The van der Waals surface area contributed by atoms with Gasteiger partial charge in [-0.05, 0) is 42.0 Å². The molecule has 0 aliphatic carbocycles. The van der Waals surface area contributed by atoms with Crippen LogP contribution in [0, 0.1) is 11.8 Å². The summed E-state index contributed by atoms with van der Waals surface area (Å²) in [6, 6.07) is 21.7. The Bertz CT molecular complexity index is 936. The van der Waals surface area contributed by atoms with Gasteiger partial charge in [-0.25, -0.2) is 4.79 Å². The number of carbonyl (C=O) groups excluding carboxylic acids is 1. The van der Waals surface area contributed by atoms with Crippen molar-refractivity contribution in [3.8, 4) is 11.8 Å². The molecule has 0 unspecified atom stereocenters. The minimum Gasteiger partial charge on any atom is -0.467 e. The van der Waals surface area contributed by atoms with Gasteiger partial charge in [0.05, 0.1) is 13.7 Å². The number of para-hydroxylation sites is 1. The Morgan fingerprint density at radius 2 is 1.71 bits per heavy atom. The van der Waals surface area contributed by atoms with Crippen LogP contribution in [0.1, 0.15) is 17.2 Å². The average Bonchev–Trinajstić information content (AvgIpc) is 3.27. The first kappa shape index (κ1) is 19.3. The molecule has 0 N–H and O–H groups in total. The van der Waals surface area contributed by atoms with Crippen molar-refractivity contribution < 1.29 is 9.53 Å². The van der Waals surface area contributed by atoms with E-state index in [0.29, 0.717) is 13.0 Å². The number of nitrogens with zero attached hydrogens (tertiary/aromatic N) is 2. The summed E-state index contributed by atoms with van der Waals surface area (Å²) in [5, 5.41) is 0. The van der Waals surface area contributed by atoms with Gasteiger partial charge in [0.1, 0.15) is 6.04 Å². The second-order valence-corrected chi connectivity index (χ2v) is 6.56. The topological polar surface area (TPSA) is 34.5 Å². The molecular formula is C24H24N2O2. The number of hydrogen-bond acceptors (Lipinski definition) is 3. The van der Waals surface area contributed by atoms with E-state index in [4.69, 9.17) is 4.74 Å². The molecule has 0 spiro atoms. The molecule has 4 heteroatoms. The maximum absolute atomic E-state index is 12.1. The molecule has 0 bridgehead atoms. The van der Waals surface area contributed by atoms with Gasteiger partial charge in [0.2, 0.25) is 0 Å². The fourth-order valence-electron chi connectivity index (χ4n) is 2.98. The van der Waals surface area contributed by atoms with E-state index in [9.17, 15) is 4.79 Å². The van der Waals surface area contributed by atoms with E-state index in [1.54, 1.807) is 0 Å². The number of aromatic nitrogens is 1. The predicted molar refractivity (Wildman–Crippen MR) is 112 cm³/mol. The van der Waals surface area contributed by atoms with Crippen LogP contribution in [0.2, 0.25) is 0 Å². The average molecular weight is 372 g/mol. The lowest BCUT2D eigenvalue weighted by atomic mass is 10.0. The Morgan fingerprint density at radius 3 is 2.36 bits per heavy atom. The van der Waals surface area contributed by atoms with Crippen LogP contribution in [-0.4, -0.2) is 31.2 Å². The van der Waals surface area contributed by atoms with Gasteiger partial charge in [-0.1, -0.05) is 42.2 Å². The lowest BCUT2D eigenvalue weighted by Crippen LogP contribution is -2.22. The monoisotopic (exact) mass is 372 g/mol. The minimum atomic E-state index is -0.364. The summed E-state index contributed by atoms with van der Waals surface area (Å²) in [7, 11) is 3.45. The molecule has 4 nitrogen and oxygen atoms in total. The zero-order valence-corrected chi connectivity index (χ0v) is 16.2. The summed E-state index contributed by atoms with van der Waals surface area (Å²) in [6.07, 6.45) is 4.33. The first-order valence-electron chi connectivity index (χ1n) is 9.21. The molecule has 1 atom stereocenters. The van der Waals surface area contributed by atoms with Gasteiger partial charge >= 0.3 is 5.97 Å². The molecule has 3 rings (SSSR count). The normalized spacial score (nSPS) is 11.2. The summed E-state index contributed by atoms with van der Waals surface area (Å²) in [4.78, 5) is 14.2. The SMILES string of the molecule is COC(=O)[C@H](Cc1ccc(C#CCN(C)c2ccccc2)cc1)n1cccc1. The van der Waals surface area contributed by atoms with Crippen LogP contribution in [0.3, 0.4) is 0 Å². The summed E-state index contributed by atoms with van der Waals surface area (Å²) in [5.41, 5.74) is 3.17. The van der Waals surface area contributed by atoms with Crippen molar-refractivity contribution in [2.24, 2.45) is 0 Å². The van der Waals surface area contributed by atoms with E-state index in [1.807, 2.05) is 78.6 Å². The third kappa shape index (κ3) is 5.05. The Hall–Kier alpha value is -3.45. The summed E-state index contributed by atoms with van der Waals surface area (Å²) >= 11 is 0. The molecule has 0 saturated heterocycles. The Balaban J connectivity index is 1.63. The standard InChI is InChI=1S/C24H24N2O2/c1-25(22-10-4-3-5-11-22)16-8-9-20-12-14-21(15-13-20)19-23(24(27)28-2)26-17-6-7-18-26/h3-7,10-15,17-18,23H,16,19H2,1-2H3/t23-/m0/s1. The Kier molecular flexibility index (Phi) is 6.54. The molecule has 142 valence electrons. The number of esters is 1. The second kappa shape index (κ2) is 9.48. The van der Waals surface area contributed by atoms with Crippen LogP contribution in [0.25, 0.3) is 0 Å². The smallest absolute Gasteiger partial charge is 0.329 e. The Labute approximate surface area is 166 Å². The number of hydrogen-bond donors (Lipinski definition) is 0. The van der Waals surface area contributed by atoms with Crippen LogP contribution in [0.4, 0.5) is 5.69 Å². The third-order valence-corrected chi connectivity index (χ3v) is 4.59. The summed E-state index contributed by atoms with van der Waals surface area (Å²) < 4.78 is 6.83. The highest BCUT2D eigenvalue weighted by Crippen LogP contribution is 2.17. The lowest BCUT2D eigenvalue weighted by molar-refractivity contribution is -0.144. The largest absolute Gasteiger partial charge is 0.467 e. The molecule has 28 heavy (non-hydrogen) atoms. The van der Waals surface area contributed by atoms with Crippen molar-refractivity contribution in [2.45, 2.75) is 12.5 Å². The van der Waals surface area contributed by atoms with Crippen molar-refractivity contribution in [3.05, 3.63) is 90.3 Å². The molecular weight excluding hydrogens is 348 g/mol. The first-order valence-corrected chi connectivity index (χ1v) is 9.21. The number of carbonyl (C=O) groups is 1. The van der Waals surface area contributed by atoms with E-state index in [-0.39, 0.29) is 12.0 Å². The lowest BCUT2D eigenvalue weighted by Gasteiger charge is -2.16. The molecule has 3 aromatic rings. The van der Waals surface area contributed by atoms with E-state index < -0.39 is 0 Å². The van der Waals surface area contributed by atoms with E-state index in [2.05, 4.69) is 28.9 Å². The summed E-state index contributed by atoms with van der Waals surface area (Å²) in [6.45, 7) is 0.657. The fourth-order valence-corrected chi connectivity index (χ4v) is 2.98. The highest BCUT2D eigenvalue weighted by molar-refractivity contribution is 5.74. The maximum Gasteiger partial charge on any atom is 0.329 e. The van der Waals surface area contributed by atoms with Gasteiger partial charge in [-0.3, -0.25) is 0 Å². The summed E-state index contributed by atoms with van der Waals surface area (Å²) in [5.74, 6) is 6.16. The molecule has 0 radical (unpaired) electrons. The molecule has 0 aliphatic heterocycles. The molecule has 0 aliphatic rings. The third-order valence-electron chi connectivity index (χ3n) is 4.59. The molecule has 2 aromatic carbocycles. The zero-order chi connectivity index (χ0) is 19.8. The maximum atomic E-state index is 12.1. The van der Waals surface area contributed by atoms with Crippen LogP contribution < -0.4 is 4.90 Å². The minimum absolute atomic E-state index is 0.246. The van der Waals surface area contributed by atoms with Gasteiger partial charge in [0.15, 0.2) is 0 Å². The Morgan fingerprint density at radius 1 is 1.04 bits per heavy atom. The van der Waals surface area contributed by atoms with Crippen LogP contribution >= 0.6 is 0 Å². The van der Waals surface area contributed by atoms with Gasteiger partial charge in [-0.15, -0.1) is 0 Å². The van der Waals surface area contributed by atoms with E-state index in [0.717, 1.165) is 16.8 Å². The first-order chi connectivity index (χ1) is 13.7. The van der Waals surface area contributed by atoms with Gasteiger partial charge < -0.3 is 14.2 Å². The number of methoxy groups -OCH3 is 1. The quantitative estimate of drug-likeness (QED) is 0.486. The van der Waals surface area contributed by atoms with Crippen LogP contribution in [-0.2, 0) is 16.0 Å². The number of rotatable bonds is 6. The van der Waals surface area contributed by atoms with Gasteiger partial charge in [0.25, 0.3) is 0 Å². The van der Waals surface area contributed by atoms with Crippen molar-refractivity contribution in [1.82, 2.24) is 4.57 Å². The van der Waals surface area contributed by atoms with Crippen molar-refractivity contribution in [3.63, 3.8) is 0 Å². The van der Waals surface area contributed by atoms with Crippen molar-refractivity contribution in [1.29, 1.82) is 0 Å². The highest BCUT2D eigenvalue weighted by Gasteiger charge is 2.20. The number of ether oxygens (including phenoxy) is 1. The van der Waals surface area contributed by atoms with Crippen LogP contribution in [0.15, 0.2) is 79.1 Å². The zero-order valence-electron chi connectivity index (χ0n) is 16.2. The molecule has 0 fully saturated rings. The highest BCUT2D eigenvalue weighted by atomic mass is 16.5. The molecule has 0 saturated carbocycles. The number of anilines is 1. The second-order valence-electron chi connectivity index (χ2n) is 6.56. The molecule has 1 aromatic heterocycles. The van der Waals surface area contributed by atoms with Crippen LogP contribution in [0.5, 0.6) is 0 Å². The molecule has 1 heterocycles. The van der Waals surface area contributed by atoms with Gasteiger partial charge in [-0.2, -0.15) is 0 Å². The van der Waals surface area contributed by atoms with Crippen molar-refractivity contribution >= 4 is 11.7 Å². The van der Waals surface area contributed by atoms with Gasteiger partial charge in [0, 0.05) is 37.1 Å². The van der Waals surface area contributed by atoms with E-state index >= 15 is 0 Å². The fraction of sp³-hybridized carbons (Fsp3) is 0.208. The van der Waals surface area contributed by atoms with E-state index in [1.165, 1.54) is 7.11 Å². The van der Waals surface area contributed by atoms with Crippen molar-refractivity contribution in [2.75, 3.05) is 25.6 Å².